The lowest BCUT2D eigenvalue weighted by atomic mass is 9.88. The highest BCUT2D eigenvalue weighted by molar-refractivity contribution is 6.31. The summed E-state index contributed by atoms with van der Waals surface area (Å²) in [5.74, 6) is 0.153. The van der Waals surface area contributed by atoms with E-state index in [2.05, 4.69) is 19.2 Å². The molecule has 0 amide bonds. The molecule has 0 fully saturated rings. The zero-order valence-corrected chi connectivity index (χ0v) is 11.9. The molecule has 18 heavy (non-hydrogen) atoms. The fraction of sp³-hybridized carbons (Fsp3) is 0.571. The van der Waals surface area contributed by atoms with Gasteiger partial charge in [-0.25, -0.2) is 4.39 Å². The van der Waals surface area contributed by atoms with E-state index in [1.54, 1.807) is 19.2 Å². The fourth-order valence-corrected chi connectivity index (χ4v) is 2.27. The Balaban J connectivity index is 2.78. The Hall–Kier alpha value is -0.640. The number of nitrogens with one attached hydrogen (secondary N) is 1. The van der Waals surface area contributed by atoms with Gasteiger partial charge in [0.05, 0.1) is 6.61 Å². The first-order valence-electron chi connectivity index (χ1n) is 6.21. The highest BCUT2D eigenvalue weighted by Gasteiger charge is 2.21. The summed E-state index contributed by atoms with van der Waals surface area (Å²) in [7, 11) is 1.66. The van der Waals surface area contributed by atoms with Crippen LogP contribution in [-0.4, -0.2) is 26.8 Å². The average Bonchev–Trinajstić information content (AvgIpc) is 2.31. The maximum Gasteiger partial charge on any atom is 0.128 e. The smallest absolute Gasteiger partial charge is 0.128 e. The van der Waals surface area contributed by atoms with Crippen LogP contribution in [0.2, 0.25) is 5.02 Å². The second-order valence-electron chi connectivity index (χ2n) is 4.68. The SMILES string of the molecule is COCCNCC(c1c(F)cccc1Cl)C(C)C. The summed E-state index contributed by atoms with van der Waals surface area (Å²) in [5, 5.41) is 3.77. The van der Waals surface area contributed by atoms with Crippen molar-refractivity contribution in [1.29, 1.82) is 0 Å². The van der Waals surface area contributed by atoms with Crippen molar-refractivity contribution >= 4 is 11.6 Å². The molecule has 1 aromatic rings. The molecule has 0 bridgehead atoms. The standard InChI is InChI=1S/C14H21ClFNO/c1-10(2)11(9-17-7-8-18-3)14-12(15)5-4-6-13(14)16/h4-6,10-11,17H,7-9H2,1-3H3. The van der Waals surface area contributed by atoms with Gasteiger partial charge in [-0.2, -0.15) is 0 Å². The summed E-state index contributed by atoms with van der Waals surface area (Å²) >= 11 is 6.12. The van der Waals surface area contributed by atoms with Crippen molar-refractivity contribution < 1.29 is 9.13 Å². The molecular formula is C14H21ClFNO. The Morgan fingerprint density at radius 3 is 2.67 bits per heavy atom. The van der Waals surface area contributed by atoms with Crippen LogP contribution in [0.1, 0.15) is 25.3 Å². The third kappa shape index (κ3) is 4.23. The maximum atomic E-state index is 13.9. The molecule has 1 atom stereocenters. The van der Waals surface area contributed by atoms with E-state index in [4.69, 9.17) is 16.3 Å². The largest absolute Gasteiger partial charge is 0.383 e. The average molecular weight is 274 g/mol. The Morgan fingerprint density at radius 1 is 1.39 bits per heavy atom. The zero-order valence-electron chi connectivity index (χ0n) is 11.2. The first kappa shape index (κ1) is 15.4. The van der Waals surface area contributed by atoms with Gasteiger partial charge in [-0.1, -0.05) is 31.5 Å². The quantitative estimate of drug-likeness (QED) is 0.769. The maximum absolute atomic E-state index is 13.9. The van der Waals surface area contributed by atoms with Crippen molar-refractivity contribution in [2.24, 2.45) is 5.92 Å². The van der Waals surface area contributed by atoms with E-state index in [-0.39, 0.29) is 11.7 Å². The number of halogens is 2. The van der Waals surface area contributed by atoms with Crippen LogP contribution >= 0.6 is 11.6 Å². The van der Waals surface area contributed by atoms with Gasteiger partial charge < -0.3 is 10.1 Å². The second-order valence-corrected chi connectivity index (χ2v) is 5.09. The lowest BCUT2D eigenvalue weighted by molar-refractivity contribution is 0.198. The van der Waals surface area contributed by atoms with Crippen molar-refractivity contribution in [1.82, 2.24) is 5.32 Å². The summed E-state index contributed by atoms with van der Waals surface area (Å²) in [6.07, 6.45) is 0. The van der Waals surface area contributed by atoms with E-state index in [9.17, 15) is 4.39 Å². The molecule has 0 heterocycles. The van der Waals surface area contributed by atoms with Gasteiger partial charge in [0.25, 0.3) is 0 Å². The summed E-state index contributed by atoms with van der Waals surface area (Å²) in [5.41, 5.74) is 0.610. The molecule has 1 rings (SSSR count). The van der Waals surface area contributed by atoms with E-state index >= 15 is 0 Å². The molecule has 0 saturated carbocycles. The third-order valence-electron chi connectivity index (χ3n) is 3.02. The highest BCUT2D eigenvalue weighted by Crippen LogP contribution is 2.31. The van der Waals surface area contributed by atoms with Crippen LogP contribution in [0.5, 0.6) is 0 Å². The van der Waals surface area contributed by atoms with Crippen LogP contribution in [0, 0.1) is 11.7 Å². The Morgan fingerprint density at radius 2 is 2.11 bits per heavy atom. The molecule has 1 aromatic carbocycles. The summed E-state index contributed by atoms with van der Waals surface area (Å²) in [4.78, 5) is 0. The van der Waals surface area contributed by atoms with Crippen molar-refractivity contribution in [2.75, 3.05) is 26.8 Å². The van der Waals surface area contributed by atoms with Crippen molar-refractivity contribution in [3.63, 3.8) is 0 Å². The van der Waals surface area contributed by atoms with E-state index in [0.29, 0.717) is 29.7 Å². The number of benzene rings is 1. The molecule has 0 aliphatic rings. The molecule has 102 valence electrons. The minimum Gasteiger partial charge on any atom is -0.383 e. The van der Waals surface area contributed by atoms with Gasteiger partial charge in [0, 0.05) is 36.7 Å². The summed E-state index contributed by atoms with van der Waals surface area (Å²) in [6, 6.07) is 4.84. The summed E-state index contributed by atoms with van der Waals surface area (Å²) < 4.78 is 18.9. The number of hydrogen-bond acceptors (Lipinski definition) is 2. The number of hydrogen-bond donors (Lipinski definition) is 1. The van der Waals surface area contributed by atoms with Crippen LogP contribution in [0.25, 0.3) is 0 Å². The van der Waals surface area contributed by atoms with Gasteiger partial charge >= 0.3 is 0 Å². The van der Waals surface area contributed by atoms with Crippen LogP contribution in [0.4, 0.5) is 4.39 Å². The fourth-order valence-electron chi connectivity index (χ4n) is 1.97. The summed E-state index contributed by atoms with van der Waals surface area (Å²) in [6.45, 7) is 6.25. The minimum absolute atomic E-state index is 0.0653. The molecule has 0 radical (unpaired) electrons. The molecule has 0 spiro atoms. The minimum atomic E-state index is -0.227. The molecule has 0 saturated heterocycles. The van der Waals surface area contributed by atoms with Gasteiger partial charge in [-0.15, -0.1) is 0 Å². The first-order valence-corrected chi connectivity index (χ1v) is 6.59. The van der Waals surface area contributed by atoms with Gasteiger partial charge in [0.2, 0.25) is 0 Å². The molecule has 4 heteroatoms. The monoisotopic (exact) mass is 273 g/mol. The number of methoxy groups -OCH3 is 1. The predicted octanol–water partition coefficient (Wildman–Crippen LogP) is 3.45. The lowest BCUT2D eigenvalue weighted by Gasteiger charge is -2.23. The van der Waals surface area contributed by atoms with E-state index < -0.39 is 0 Å². The molecule has 2 nitrogen and oxygen atoms in total. The van der Waals surface area contributed by atoms with Gasteiger partial charge in [0.1, 0.15) is 5.82 Å². The van der Waals surface area contributed by atoms with Gasteiger partial charge in [0.15, 0.2) is 0 Å². The predicted molar refractivity (Wildman–Crippen MR) is 73.7 cm³/mol. The zero-order chi connectivity index (χ0) is 13.5. The topological polar surface area (TPSA) is 21.3 Å². The van der Waals surface area contributed by atoms with Crippen molar-refractivity contribution in [3.8, 4) is 0 Å². The molecule has 0 aliphatic carbocycles. The first-order chi connectivity index (χ1) is 8.57. The Bertz CT molecular complexity index is 351. The Labute approximate surface area is 113 Å². The van der Waals surface area contributed by atoms with Gasteiger partial charge in [-0.3, -0.25) is 0 Å². The van der Waals surface area contributed by atoms with Crippen molar-refractivity contribution in [3.05, 3.63) is 34.6 Å². The van der Waals surface area contributed by atoms with Crippen LogP contribution in [-0.2, 0) is 4.74 Å². The van der Waals surface area contributed by atoms with Crippen LogP contribution < -0.4 is 5.32 Å². The lowest BCUT2D eigenvalue weighted by Crippen LogP contribution is -2.28. The van der Waals surface area contributed by atoms with Crippen LogP contribution in [0.3, 0.4) is 0 Å². The highest BCUT2D eigenvalue weighted by atomic mass is 35.5. The van der Waals surface area contributed by atoms with E-state index in [1.165, 1.54) is 6.07 Å². The second kappa shape index (κ2) is 7.72. The molecule has 0 aliphatic heterocycles. The molecular weight excluding hydrogens is 253 g/mol. The molecule has 1 unspecified atom stereocenters. The van der Waals surface area contributed by atoms with Gasteiger partial charge in [-0.05, 0) is 18.1 Å². The molecule has 1 N–H and O–H groups in total. The number of rotatable bonds is 7. The molecule has 0 aromatic heterocycles. The Kier molecular flexibility index (Phi) is 6.61. The van der Waals surface area contributed by atoms with E-state index in [1.807, 2.05) is 0 Å². The van der Waals surface area contributed by atoms with Crippen molar-refractivity contribution in [2.45, 2.75) is 19.8 Å². The number of ether oxygens (including phenoxy) is 1. The normalized spacial score (nSPS) is 13.0. The van der Waals surface area contributed by atoms with E-state index in [0.717, 1.165) is 6.54 Å². The third-order valence-corrected chi connectivity index (χ3v) is 3.35. The van der Waals surface area contributed by atoms with Crippen LogP contribution in [0.15, 0.2) is 18.2 Å².